The van der Waals surface area contributed by atoms with E-state index in [4.69, 9.17) is 4.98 Å². The molecule has 7 heteroatoms. The van der Waals surface area contributed by atoms with Crippen molar-refractivity contribution in [3.63, 3.8) is 0 Å². The van der Waals surface area contributed by atoms with Gasteiger partial charge < -0.3 is 9.80 Å². The minimum absolute atomic E-state index is 0.00555. The highest BCUT2D eigenvalue weighted by Crippen LogP contribution is 2.21. The molecule has 1 aromatic heterocycles. The number of amides is 1. The van der Waals surface area contributed by atoms with Crippen LogP contribution in [0.4, 0.5) is 0 Å². The molecule has 2 aliphatic rings. The SMILES string of the molecule is CC1CCN(C(=O)CSc2nc3ccccc3c(=O)n2CCCN2CCCCC2)CC1. The maximum absolute atomic E-state index is 13.2. The number of hydrogen-bond donors (Lipinski definition) is 0. The van der Waals surface area contributed by atoms with Crippen LogP contribution in [0.1, 0.15) is 45.4 Å². The Morgan fingerprint density at radius 2 is 1.81 bits per heavy atom. The largest absolute Gasteiger partial charge is 0.342 e. The second-order valence-corrected chi connectivity index (χ2v) is 9.92. The molecule has 31 heavy (non-hydrogen) atoms. The second kappa shape index (κ2) is 10.6. The van der Waals surface area contributed by atoms with Crippen LogP contribution in [-0.4, -0.2) is 63.7 Å². The molecule has 2 saturated heterocycles. The molecule has 0 radical (unpaired) electrons. The van der Waals surface area contributed by atoms with Crippen LogP contribution in [-0.2, 0) is 11.3 Å². The zero-order valence-corrected chi connectivity index (χ0v) is 19.4. The third-order valence-electron chi connectivity index (χ3n) is 6.59. The van der Waals surface area contributed by atoms with Crippen molar-refractivity contribution >= 4 is 28.6 Å². The summed E-state index contributed by atoms with van der Waals surface area (Å²) in [6.07, 6.45) is 6.95. The standard InChI is InChI=1S/C24H34N4O2S/c1-19-10-16-27(17-11-19)22(29)18-31-24-25-21-9-4-3-8-20(21)23(30)28(24)15-7-14-26-12-5-2-6-13-26/h3-4,8-9,19H,2,5-7,10-18H2,1H3. The van der Waals surface area contributed by atoms with Crippen molar-refractivity contribution in [3.05, 3.63) is 34.6 Å². The summed E-state index contributed by atoms with van der Waals surface area (Å²) in [6.45, 7) is 7.91. The lowest BCUT2D eigenvalue weighted by molar-refractivity contribution is -0.129. The molecule has 0 bridgehead atoms. The highest BCUT2D eigenvalue weighted by molar-refractivity contribution is 7.99. The van der Waals surface area contributed by atoms with Gasteiger partial charge >= 0.3 is 0 Å². The average molecular weight is 443 g/mol. The normalized spacial score (nSPS) is 18.5. The van der Waals surface area contributed by atoms with Gasteiger partial charge in [-0.05, 0) is 69.8 Å². The summed E-state index contributed by atoms with van der Waals surface area (Å²) in [5, 5.41) is 1.32. The van der Waals surface area contributed by atoms with E-state index in [2.05, 4.69) is 11.8 Å². The predicted molar refractivity (Wildman–Crippen MR) is 127 cm³/mol. The molecule has 6 nitrogen and oxygen atoms in total. The summed E-state index contributed by atoms with van der Waals surface area (Å²) in [4.78, 5) is 35.2. The molecule has 3 heterocycles. The van der Waals surface area contributed by atoms with Gasteiger partial charge in [-0.1, -0.05) is 37.2 Å². The van der Waals surface area contributed by atoms with Crippen LogP contribution in [0.15, 0.2) is 34.2 Å². The van der Waals surface area contributed by atoms with E-state index >= 15 is 0 Å². The van der Waals surface area contributed by atoms with Crippen LogP contribution in [0.5, 0.6) is 0 Å². The Morgan fingerprint density at radius 3 is 2.58 bits per heavy atom. The molecule has 0 aliphatic carbocycles. The summed E-state index contributed by atoms with van der Waals surface area (Å²) < 4.78 is 1.79. The molecule has 0 saturated carbocycles. The fourth-order valence-corrected chi connectivity index (χ4v) is 5.49. The quantitative estimate of drug-likeness (QED) is 0.484. The summed E-state index contributed by atoms with van der Waals surface area (Å²) >= 11 is 1.41. The summed E-state index contributed by atoms with van der Waals surface area (Å²) in [5.41, 5.74) is 0.715. The fraction of sp³-hybridized carbons (Fsp3) is 0.625. The highest BCUT2D eigenvalue weighted by atomic mass is 32.2. The van der Waals surface area contributed by atoms with E-state index in [0.717, 1.165) is 52.0 Å². The van der Waals surface area contributed by atoms with Crippen LogP contribution >= 0.6 is 11.8 Å². The molecule has 0 atom stereocenters. The summed E-state index contributed by atoms with van der Waals surface area (Å²) in [5.74, 6) is 1.19. The second-order valence-electron chi connectivity index (χ2n) is 8.98. The molecule has 1 aromatic carbocycles. The number of fused-ring (bicyclic) bond motifs is 1. The number of benzene rings is 1. The first kappa shape index (κ1) is 22.3. The molecular weight excluding hydrogens is 408 g/mol. The Bertz CT molecular complexity index is 946. The van der Waals surface area contributed by atoms with E-state index in [1.807, 2.05) is 29.2 Å². The molecule has 168 valence electrons. The lowest BCUT2D eigenvalue weighted by atomic mass is 9.99. The van der Waals surface area contributed by atoms with E-state index in [9.17, 15) is 9.59 Å². The first-order chi connectivity index (χ1) is 15.1. The van der Waals surface area contributed by atoms with Crippen LogP contribution in [0, 0.1) is 5.92 Å². The molecule has 0 N–H and O–H groups in total. The molecule has 1 amide bonds. The number of carbonyl (C=O) groups is 1. The van der Waals surface area contributed by atoms with Gasteiger partial charge in [0.1, 0.15) is 0 Å². The van der Waals surface area contributed by atoms with Crippen LogP contribution in [0.2, 0.25) is 0 Å². The topological polar surface area (TPSA) is 58.4 Å². The van der Waals surface area contributed by atoms with E-state index in [1.165, 1.54) is 31.0 Å². The van der Waals surface area contributed by atoms with Gasteiger partial charge in [-0.15, -0.1) is 0 Å². The van der Waals surface area contributed by atoms with Gasteiger partial charge in [0, 0.05) is 19.6 Å². The van der Waals surface area contributed by atoms with Crippen molar-refractivity contribution in [2.45, 2.75) is 57.1 Å². The Labute approximate surface area is 189 Å². The van der Waals surface area contributed by atoms with Gasteiger partial charge in [-0.25, -0.2) is 4.98 Å². The van der Waals surface area contributed by atoms with Gasteiger partial charge in [0.25, 0.3) is 5.56 Å². The Balaban J connectivity index is 1.46. The average Bonchev–Trinajstić information content (AvgIpc) is 2.80. The van der Waals surface area contributed by atoms with Crippen LogP contribution < -0.4 is 5.56 Å². The molecular formula is C24H34N4O2S. The summed E-state index contributed by atoms with van der Waals surface area (Å²) in [7, 11) is 0. The zero-order chi connectivity index (χ0) is 21.6. The predicted octanol–water partition coefficient (Wildman–Crippen LogP) is 3.62. The number of likely N-dealkylation sites (tertiary alicyclic amines) is 2. The minimum Gasteiger partial charge on any atom is -0.342 e. The van der Waals surface area contributed by atoms with Crippen molar-refractivity contribution in [2.24, 2.45) is 5.92 Å². The first-order valence-electron chi connectivity index (χ1n) is 11.7. The third kappa shape index (κ3) is 5.69. The van der Waals surface area contributed by atoms with Crippen molar-refractivity contribution in [3.8, 4) is 0 Å². The summed E-state index contributed by atoms with van der Waals surface area (Å²) in [6, 6.07) is 7.52. The Hall–Kier alpha value is -1.86. The van der Waals surface area contributed by atoms with Crippen molar-refractivity contribution in [1.29, 1.82) is 0 Å². The highest BCUT2D eigenvalue weighted by Gasteiger charge is 2.21. The minimum atomic E-state index is 0.00555. The maximum Gasteiger partial charge on any atom is 0.262 e. The Kier molecular flexibility index (Phi) is 7.67. The van der Waals surface area contributed by atoms with E-state index in [0.29, 0.717) is 34.3 Å². The number of carbonyl (C=O) groups excluding carboxylic acids is 1. The lowest BCUT2D eigenvalue weighted by Crippen LogP contribution is -2.39. The number of nitrogens with zero attached hydrogens (tertiary/aromatic N) is 4. The van der Waals surface area contributed by atoms with E-state index < -0.39 is 0 Å². The Morgan fingerprint density at radius 1 is 1.06 bits per heavy atom. The molecule has 2 aliphatic heterocycles. The van der Waals surface area contributed by atoms with E-state index in [1.54, 1.807) is 4.57 Å². The van der Waals surface area contributed by atoms with E-state index in [-0.39, 0.29) is 11.5 Å². The molecule has 0 unspecified atom stereocenters. The molecule has 2 fully saturated rings. The number of rotatable bonds is 7. The smallest absolute Gasteiger partial charge is 0.262 e. The first-order valence-corrected chi connectivity index (χ1v) is 12.7. The molecule has 2 aromatic rings. The van der Waals surface area contributed by atoms with Crippen molar-refractivity contribution in [2.75, 3.05) is 38.5 Å². The van der Waals surface area contributed by atoms with Crippen molar-refractivity contribution < 1.29 is 4.79 Å². The monoisotopic (exact) mass is 442 g/mol. The number of para-hydroxylation sites is 1. The maximum atomic E-state index is 13.2. The number of hydrogen-bond acceptors (Lipinski definition) is 5. The number of aromatic nitrogens is 2. The third-order valence-corrected chi connectivity index (χ3v) is 7.55. The zero-order valence-electron chi connectivity index (χ0n) is 18.6. The fourth-order valence-electron chi connectivity index (χ4n) is 4.57. The van der Waals surface area contributed by atoms with Crippen LogP contribution in [0.3, 0.4) is 0 Å². The van der Waals surface area contributed by atoms with Gasteiger partial charge in [-0.3, -0.25) is 14.2 Å². The van der Waals surface area contributed by atoms with Crippen LogP contribution in [0.25, 0.3) is 10.9 Å². The van der Waals surface area contributed by atoms with Gasteiger partial charge in [0.15, 0.2) is 5.16 Å². The lowest BCUT2D eigenvalue weighted by Gasteiger charge is -2.30. The number of piperidine rings is 2. The van der Waals surface area contributed by atoms with Gasteiger partial charge in [0.2, 0.25) is 5.91 Å². The molecule has 4 rings (SSSR count). The van der Waals surface area contributed by atoms with Gasteiger partial charge in [-0.2, -0.15) is 0 Å². The molecule has 0 spiro atoms. The van der Waals surface area contributed by atoms with Gasteiger partial charge in [0.05, 0.1) is 16.7 Å². The number of thioether (sulfide) groups is 1. The van der Waals surface area contributed by atoms with Crippen molar-refractivity contribution in [1.82, 2.24) is 19.4 Å².